The van der Waals surface area contributed by atoms with Gasteiger partial charge in [0.2, 0.25) is 0 Å². The molecule has 0 spiro atoms. The highest BCUT2D eigenvalue weighted by molar-refractivity contribution is 14.0. The summed E-state index contributed by atoms with van der Waals surface area (Å²) in [4.78, 5) is 9.38. The minimum Gasteiger partial charge on any atom is -0.370 e. The Morgan fingerprint density at radius 3 is 2.43 bits per heavy atom. The zero-order valence-electron chi connectivity index (χ0n) is 13.5. The molecule has 2 aliphatic rings. The van der Waals surface area contributed by atoms with Gasteiger partial charge in [0.1, 0.15) is 0 Å². The van der Waals surface area contributed by atoms with E-state index in [0.29, 0.717) is 0 Å². The van der Waals surface area contributed by atoms with E-state index >= 15 is 0 Å². The number of halogens is 1. The third kappa shape index (κ3) is 6.95. The minimum absolute atomic E-state index is 0. The molecule has 0 aromatic carbocycles. The monoisotopic (exact) mass is 426 g/mol. The Hall–Kier alpha value is 0.310. The maximum absolute atomic E-state index is 6.06. The second-order valence-electron chi connectivity index (χ2n) is 6.40. The Kier molecular flexibility index (Phi) is 9.36. The first-order valence-corrected chi connectivity index (χ1v) is 9.15. The normalized spacial score (nSPS) is 28.3. The molecule has 0 amide bonds. The SMILES string of the molecule is CC1CC(C)CN(CCCN=C(N)N2CCSCC2)C1.I. The van der Waals surface area contributed by atoms with E-state index in [-0.39, 0.29) is 24.0 Å². The molecular weight excluding hydrogens is 395 g/mol. The summed E-state index contributed by atoms with van der Waals surface area (Å²) in [7, 11) is 0. The summed E-state index contributed by atoms with van der Waals surface area (Å²) in [6.45, 7) is 11.4. The molecule has 6 heteroatoms. The summed E-state index contributed by atoms with van der Waals surface area (Å²) >= 11 is 2.00. The van der Waals surface area contributed by atoms with Crippen LogP contribution in [0.5, 0.6) is 0 Å². The van der Waals surface area contributed by atoms with Gasteiger partial charge in [-0.25, -0.2) is 0 Å². The number of hydrogen-bond acceptors (Lipinski definition) is 3. The standard InChI is InChI=1S/C15H30N4S.HI/c1-13-10-14(2)12-18(11-13)5-3-4-17-15(16)19-6-8-20-9-7-19;/h13-14H,3-12H2,1-2H3,(H2,16,17);1H. The maximum atomic E-state index is 6.06. The van der Waals surface area contributed by atoms with Crippen molar-refractivity contribution in [3.63, 3.8) is 0 Å². The highest BCUT2D eigenvalue weighted by atomic mass is 127. The van der Waals surface area contributed by atoms with Gasteiger partial charge in [0.25, 0.3) is 0 Å². The molecule has 0 radical (unpaired) electrons. The van der Waals surface area contributed by atoms with Gasteiger partial charge in [-0.2, -0.15) is 11.8 Å². The van der Waals surface area contributed by atoms with Crippen molar-refractivity contribution in [2.75, 3.05) is 50.8 Å². The number of aliphatic imine (C=N–C) groups is 1. The molecule has 0 saturated carbocycles. The molecule has 2 atom stereocenters. The maximum Gasteiger partial charge on any atom is 0.191 e. The highest BCUT2D eigenvalue weighted by Crippen LogP contribution is 2.20. The lowest BCUT2D eigenvalue weighted by Gasteiger charge is -2.34. The number of likely N-dealkylation sites (tertiary alicyclic amines) is 1. The predicted octanol–water partition coefficient (Wildman–Crippen LogP) is 2.34. The van der Waals surface area contributed by atoms with E-state index in [0.717, 1.165) is 43.9 Å². The summed E-state index contributed by atoms with van der Waals surface area (Å²) in [5.41, 5.74) is 6.06. The lowest BCUT2D eigenvalue weighted by Crippen LogP contribution is -2.43. The van der Waals surface area contributed by atoms with E-state index in [1.165, 1.54) is 37.6 Å². The Morgan fingerprint density at radius 2 is 1.81 bits per heavy atom. The second-order valence-corrected chi connectivity index (χ2v) is 7.62. The molecule has 21 heavy (non-hydrogen) atoms. The molecular formula is C15H31IN4S. The quantitative estimate of drug-likeness (QED) is 0.325. The molecule has 2 rings (SSSR count). The smallest absolute Gasteiger partial charge is 0.191 e. The van der Waals surface area contributed by atoms with Gasteiger partial charge in [-0.1, -0.05) is 13.8 Å². The van der Waals surface area contributed by atoms with Crippen molar-refractivity contribution in [2.24, 2.45) is 22.6 Å². The minimum atomic E-state index is 0. The Morgan fingerprint density at radius 1 is 1.19 bits per heavy atom. The highest BCUT2D eigenvalue weighted by Gasteiger charge is 2.21. The van der Waals surface area contributed by atoms with Gasteiger partial charge in [-0.05, 0) is 31.2 Å². The number of nitrogens with zero attached hydrogens (tertiary/aromatic N) is 3. The summed E-state index contributed by atoms with van der Waals surface area (Å²) in [6.07, 6.45) is 2.51. The Balaban J connectivity index is 0.00000220. The van der Waals surface area contributed by atoms with Crippen molar-refractivity contribution >= 4 is 41.7 Å². The van der Waals surface area contributed by atoms with Crippen molar-refractivity contribution in [3.8, 4) is 0 Å². The van der Waals surface area contributed by atoms with Crippen LogP contribution in [0, 0.1) is 11.8 Å². The summed E-state index contributed by atoms with van der Waals surface area (Å²) in [5.74, 6) is 4.81. The van der Waals surface area contributed by atoms with Crippen LogP contribution in [0.25, 0.3) is 0 Å². The van der Waals surface area contributed by atoms with Crippen LogP contribution >= 0.6 is 35.7 Å². The van der Waals surface area contributed by atoms with Gasteiger partial charge in [-0.3, -0.25) is 4.99 Å². The van der Waals surface area contributed by atoms with Crippen molar-refractivity contribution in [3.05, 3.63) is 0 Å². The van der Waals surface area contributed by atoms with Crippen LogP contribution in [0.1, 0.15) is 26.7 Å². The molecule has 2 heterocycles. The average Bonchev–Trinajstić information content (AvgIpc) is 2.43. The number of nitrogens with two attached hydrogens (primary N) is 1. The van der Waals surface area contributed by atoms with Crippen LogP contribution in [0.15, 0.2) is 4.99 Å². The van der Waals surface area contributed by atoms with Crippen molar-refractivity contribution in [1.82, 2.24) is 9.80 Å². The van der Waals surface area contributed by atoms with Gasteiger partial charge >= 0.3 is 0 Å². The molecule has 2 aliphatic heterocycles. The first kappa shape index (κ1) is 19.4. The van der Waals surface area contributed by atoms with Gasteiger partial charge < -0.3 is 15.5 Å². The molecule has 2 saturated heterocycles. The zero-order valence-corrected chi connectivity index (χ0v) is 16.6. The van der Waals surface area contributed by atoms with Crippen molar-refractivity contribution in [1.29, 1.82) is 0 Å². The third-order valence-electron chi connectivity index (χ3n) is 4.19. The Labute approximate surface area is 151 Å². The Bertz CT molecular complexity index is 311. The lowest BCUT2D eigenvalue weighted by molar-refractivity contribution is 0.140. The second kappa shape index (κ2) is 10.2. The van der Waals surface area contributed by atoms with E-state index in [9.17, 15) is 0 Å². The average molecular weight is 426 g/mol. The van der Waals surface area contributed by atoms with E-state index in [2.05, 4.69) is 28.6 Å². The number of hydrogen-bond donors (Lipinski definition) is 1. The number of guanidine groups is 1. The summed E-state index contributed by atoms with van der Waals surface area (Å²) in [6, 6.07) is 0. The molecule has 4 nitrogen and oxygen atoms in total. The zero-order chi connectivity index (χ0) is 14.4. The molecule has 2 unspecified atom stereocenters. The van der Waals surface area contributed by atoms with Gasteiger partial charge in [0.15, 0.2) is 5.96 Å². The molecule has 2 N–H and O–H groups in total. The van der Waals surface area contributed by atoms with Crippen LogP contribution in [-0.4, -0.2) is 66.5 Å². The van der Waals surface area contributed by atoms with Crippen molar-refractivity contribution < 1.29 is 0 Å². The van der Waals surface area contributed by atoms with Gasteiger partial charge in [0.05, 0.1) is 0 Å². The predicted molar refractivity (Wildman–Crippen MR) is 105 cm³/mol. The van der Waals surface area contributed by atoms with Crippen LogP contribution in [-0.2, 0) is 0 Å². The van der Waals surface area contributed by atoms with Gasteiger partial charge in [0, 0.05) is 44.2 Å². The summed E-state index contributed by atoms with van der Waals surface area (Å²) < 4.78 is 0. The first-order chi connectivity index (χ1) is 9.65. The van der Waals surface area contributed by atoms with Crippen molar-refractivity contribution in [2.45, 2.75) is 26.7 Å². The molecule has 124 valence electrons. The van der Waals surface area contributed by atoms with Crippen LogP contribution in [0.2, 0.25) is 0 Å². The molecule has 0 aromatic rings. The first-order valence-electron chi connectivity index (χ1n) is 8.00. The van der Waals surface area contributed by atoms with Crippen LogP contribution in [0.3, 0.4) is 0 Å². The van der Waals surface area contributed by atoms with Crippen LogP contribution in [0.4, 0.5) is 0 Å². The summed E-state index contributed by atoms with van der Waals surface area (Å²) in [5, 5.41) is 0. The fourth-order valence-electron chi connectivity index (χ4n) is 3.35. The third-order valence-corrected chi connectivity index (χ3v) is 5.13. The topological polar surface area (TPSA) is 44.9 Å². The molecule has 0 bridgehead atoms. The fourth-order valence-corrected chi connectivity index (χ4v) is 4.26. The number of piperidine rings is 1. The molecule has 2 fully saturated rings. The van der Waals surface area contributed by atoms with Crippen LogP contribution < -0.4 is 5.73 Å². The number of thioether (sulfide) groups is 1. The van der Waals surface area contributed by atoms with E-state index < -0.39 is 0 Å². The van der Waals surface area contributed by atoms with E-state index in [4.69, 9.17) is 5.73 Å². The molecule has 0 aliphatic carbocycles. The van der Waals surface area contributed by atoms with Gasteiger partial charge in [-0.15, -0.1) is 24.0 Å². The lowest BCUT2D eigenvalue weighted by atomic mass is 9.92. The largest absolute Gasteiger partial charge is 0.370 e. The number of rotatable bonds is 4. The fraction of sp³-hybridized carbons (Fsp3) is 0.933. The van der Waals surface area contributed by atoms with E-state index in [1.807, 2.05) is 11.8 Å². The molecule has 0 aromatic heterocycles. The van der Waals surface area contributed by atoms with E-state index in [1.54, 1.807) is 0 Å².